The maximum atomic E-state index is 10.4. The molecule has 0 unspecified atom stereocenters. The van der Waals surface area contributed by atoms with E-state index in [1.165, 1.54) is 51.4 Å². The summed E-state index contributed by atoms with van der Waals surface area (Å²) in [5, 5.41) is 18.4. The molecule has 0 aromatic rings. The van der Waals surface area contributed by atoms with Gasteiger partial charge in [-0.2, -0.15) is 0 Å². The van der Waals surface area contributed by atoms with Crippen molar-refractivity contribution in [3.8, 4) is 0 Å². The molecular formula is C19H37N3O2. The van der Waals surface area contributed by atoms with E-state index in [9.17, 15) is 4.79 Å². The standard InChI is InChI=1S/C19H37N3O2/c20-19(21)22-17-15-13-11-9-7-5-3-1-2-4-6-8-10-12-14-16-18(23)24/h1-2H,3-17H2,(H,23,24)(H4,20,21,22)/b2-1-. The van der Waals surface area contributed by atoms with E-state index in [0.717, 1.165) is 38.6 Å². The van der Waals surface area contributed by atoms with Crippen LogP contribution >= 0.6 is 0 Å². The zero-order valence-corrected chi connectivity index (χ0v) is 15.2. The fourth-order valence-corrected chi connectivity index (χ4v) is 2.62. The van der Waals surface area contributed by atoms with E-state index in [4.69, 9.17) is 16.2 Å². The molecule has 0 aromatic carbocycles. The third kappa shape index (κ3) is 20.5. The summed E-state index contributed by atoms with van der Waals surface area (Å²) >= 11 is 0. The summed E-state index contributed by atoms with van der Waals surface area (Å²) in [5.41, 5.74) is 5.22. The number of hydrogen-bond acceptors (Lipinski definition) is 2. The van der Waals surface area contributed by atoms with Crippen LogP contribution in [0.25, 0.3) is 0 Å². The minimum atomic E-state index is -0.678. The van der Waals surface area contributed by atoms with Crippen LogP contribution in [-0.4, -0.2) is 23.6 Å². The first-order valence-corrected chi connectivity index (χ1v) is 9.57. The molecule has 0 spiro atoms. The van der Waals surface area contributed by atoms with Gasteiger partial charge in [-0.3, -0.25) is 10.2 Å². The number of unbranched alkanes of at least 4 members (excludes halogenated alkanes) is 11. The Morgan fingerprint density at radius 3 is 1.79 bits per heavy atom. The molecule has 0 radical (unpaired) electrons. The van der Waals surface area contributed by atoms with E-state index in [0.29, 0.717) is 6.42 Å². The van der Waals surface area contributed by atoms with Crippen LogP contribution in [0.4, 0.5) is 0 Å². The second kappa shape index (κ2) is 17.8. The minimum Gasteiger partial charge on any atom is -0.481 e. The van der Waals surface area contributed by atoms with Crippen molar-refractivity contribution in [1.29, 1.82) is 5.41 Å². The number of aliphatic carboxylic acids is 1. The highest BCUT2D eigenvalue weighted by atomic mass is 16.4. The van der Waals surface area contributed by atoms with Crippen LogP contribution in [0.1, 0.15) is 89.9 Å². The zero-order chi connectivity index (χ0) is 17.9. The minimum absolute atomic E-state index is 0.0694. The SMILES string of the molecule is N=C(N)NCCCCCCCC/C=C\CCCCCCCC(=O)O. The molecule has 5 heteroatoms. The van der Waals surface area contributed by atoms with Crippen LogP contribution in [0.5, 0.6) is 0 Å². The number of guanidine groups is 1. The van der Waals surface area contributed by atoms with Crippen LogP contribution in [-0.2, 0) is 4.79 Å². The van der Waals surface area contributed by atoms with Crippen LogP contribution in [0.2, 0.25) is 0 Å². The van der Waals surface area contributed by atoms with Crippen molar-refractivity contribution in [2.24, 2.45) is 5.73 Å². The summed E-state index contributed by atoms with van der Waals surface area (Å²) in [5.74, 6) is -0.608. The van der Waals surface area contributed by atoms with E-state index < -0.39 is 5.97 Å². The van der Waals surface area contributed by atoms with Crippen LogP contribution in [0.3, 0.4) is 0 Å². The van der Waals surface area contributed by atoms with Gasteiger partial charge in [-0.05, 0) is 38.5 Å². The van der Waals surface area contributed by atoms with Gasteiger partial charge in [0.25, 0.3) is 0 Å². The molecule has 0 aromatic heterocycles. The highest BCUT2D eigenvalue weighted by Gasteiger charge is 1.96. The van der Waals surface area contributed by atoms with Crippen molar-refractivity contribution in [1.82, 2.24) is 5.32 Å². The molecule has 0 fully saturated rings. The zero-order valence-electron chi connectivity index (χ0n) is 15.2. The predicted molar refractivity (Wildman–Crippen MR) is 101 cm³/mol. The van der Waals surface area contributed by atoms with E-state index in [1.54, 1.807) is 0 Å². The molecule has 5 N–H and O–H groups in total. The molecule has 0 heterocycles. The lowest BCUT2D eigenvalue weighted by Gasteiger charge is -2.03. The largest absolute Gasteiger partial charge is 0.481 e. The summed E-state index contributed by atoms with van der Waals surface area (Å²) in [7, 11) is 0. The maximum Gasteiger partial charge on any atom is 0.303 e. The maximum absolute atomic E-state index is 10.4. The van der Waals surface area contributed by atoms with Gasteiger partial charge in [-0.25, -0.2) is 0 Å². The van der Waals surface area contributed by atoms with Gasteiger partial charge in [-0.15, -0.1) is 0 Å². The number of allylic oxidation sites excluding steroid dienone is 2. The van der Waals surface area contributed by atoms with Crippen molar-refractivity contribution >= 4 is 11.9 Å². The molecule has 0 saturated heterocycles. The molecule has 0 aliphatic heterocycles. The second-order valence-electron chi connectivity index (χ2n) is 6.42. The van der Waals surface area contributed by atoms with Gasteiger partial charge in [0.1, 0.15) is 0 Å². The summed E-state index contributed by atoms with van der Waals surface area (Å²) in [6.07, 6.45) is 20.1. The molecule has 140 valence electrons. The Labute approximate surface area is 147 Å². The molecule has 0 amide bonds. The Morgan fingerprint density at radius 2 is 1.29 bits per heavy atom. The molecule has 0 saturated carbocycles. The van der Waals surface area contributed by atoms with Gasteiger partial charge in [-0.1, -0.05) is 57.1 Å². The Morgan fingerprint density at radius 1 is 0.833 bits per heavy atom. The highest BCUT2D eigenvalue weighted by Crippen LogP contribution is 2.09. The Hall–Kier alpha value is -1.52. The van der Waals surface area contributed by atoms with Gasteiger partial charge >= 0.3 is 5.97 Å². The smallest absolute Gasteiger partial charge is 0.303 e. The highest BCUT2D eigenvalue weighted by molar-refractivity contribution is 5.74. The lowest BCUT2D eigenvalue weighted by atomic mass is 10.1. The monoisotopic (exact) mass is 339 g/mol. The van der Waals surface area contributed by atoms with Gasteiger partial charge in [0.2, 0.25) is 0 Å². The molecule has 0 rings (SSSR count). The average molecular weight is 340 g/mol. The molecule has 0 atom stereocenters. The first-order valence-electron chi connectivity index (χ1n) is 9.57. The molecule has 0 aliphatic carbocycles. The normalized spacial score (nSPS) is 11.0. The van der Waals surface area contributed by atoms with Gasteiger partial charge in [0.05, 0.1) is 0 Å². The van der Waals surface area contributed by atoms with E-state index in [1.807, 2.05) is 0 Å². The average Bonchev–Trinajstić information content (AvgIpc) is 2.53. The Balaban J connectivity index is 3.11. The van der Waals surface area contributed by atoms with Crippen molar-refractivity contribution in [3.63, 3.8) is 0 Å². The summed E-state index contributed by atoms with van der Waals surface area (Å²) in [4.78, 5) is 10.4. The van der Waals surface area contributed by atoms with E-state index >= 15 is 0 Å². The van der Waals surface area contributed by atoms with Gasteiger partial charge < -0.3 is 16.2 Å². The number of carbonyl (C=O) groups is 1. The fraction of sp³-hybridized carbons (Fsp3) is 0.789. The topological polar surface area (TPSA) is 99.2 Å². The molecule has 24 heavy (non-hydrogen) atoms. The first kappa shape index (κ1) is 22.5. The Kier molecular flexibility index (Phi) is 16.7. The van der Waals surface area contributed by atoms with Crippen molar-refractivity contribution < 1.29 is 9.90 Å². The lowest BCUT2D eigenvalue weighted by Crippen LogP contribution is -2.30. The fourth-order valence-electron chi connectivity index (χ4n) is 2.62. The number of nitrogens with two attached hydrogens (primary N) is 1. The quantitative estimate of drug-likeness (QED) is 0.135. The van der Waals surface area contributed by atoms with E-state index in [2.05, 4.69) is 17.5 Å². The van der Waals surface area contributed by atoms with Gasteiger partial charge in [0.15, 0.2) is 5.96 Å². The predicted octanol–water partition coefficient (Wildman–Crippen LogP) is 4.57. The number of carboxylic acid groups (broad SMARTS) is 1. The van der Waals surface area contributed by atoms with E-state index in [-0.39, 0.29) is 5.96 Å². The number of carboxylic acids is 1. The summed E-state index contributed by atoms with van der Waals surface area (Å²) in [6, 6.07) is 0. The second-order valence-corrected chi connectivity index (χ2v) is 6.42. The third-order valence-corrected chi connectivity index (χ3v) is 4.04. The number of hydrogen-bond donors (Lipinski definition) is 4. The van der Waals surface area contributed by atoms with Crippen molar-refractivity contribution in [2.45, 2.75) is 89.9 Å². The lowest BCUT2D eigenvalue weighted by molar-refractivity contribution is -0.137. The van der Waals surface area contributed by atoms with Gasteiger partial charge in [0, 0.05) is 13.0 Å². The van der Waals surface area contributed by atoms with Crippen molar-refractivity contribution in [3.05, 3.63) is 12.2 Å². The first-order chi connectivity index (χ1) is 11.6. The molecular weight excluding hydrogens is 302 g/mol. The summed E-state index contributed by atoms with van der Waals surface area (Å²) in [6.45, 7) is 0.817. The van der Waals surface area contributed by atoms with Crippen molar-refractivity contribution in [2.75, 3.05) is 6.54 Å². The molecule has 0 aliphatic rings. The Bertz CT molecular complexity index is 344. The molecule has 0 bridgehead atoms. The number of rotatable bonds is 17. The number of nitrogens with one attached hydrogen (secondary N) is 2. The summed E-state index contributed by atoms with van der Waals surface area (Å²) < 4.78 is 0. The third-order valence-electron chi connectivity index (χ3n) is 4.04. The van der Waals surface area contributed by atoms with Crippen LogP contribution < -0.4 is 11.1 Å². The van der Waals surface area contributed by atoms with Crippen LogP contribution in [0.15, 0.2) is 12.2 Å². The van der Waals surface area contributed by atoms with Crippen LogP contribution in [0, 0.1) is 5.41 Å². The molecule has 5 nitrogen and oxygen atoms in total.